The molecule has 5 aromatic rings. The number of carbonyl (C=O) groups is 2. The molecule has 10 aliphatic carbocycles. The van der Waals surface area contributed by atoms with Crippen LogP contribution in [0.25, 0.3) is 0 Å². The molecule has 10 aliphatic rings. The van der Waals surface area contributed by atoms with Gasteiger partial charge in [0.15, 0.2) is 11.6 Å². The van der Waals surface area contributed by atoms with Gasteiger partial charge in [-0.3, -0.25) is 9.59 Å². The zero-order valence-electron chi connectivity index (χ0n) is 54.2. The van der Waals surface area contributed by atoms with E-state index in [9.17, 15) is 9.59 Å². The molecule has 0 atom stereocenters. The third-order valence-electron chi connectivity index (χ3n) is 15.1. The van der Waals surface area contributed by atoms with E-state index in [0.717, 1.165) is 74.9 Å². The van der Waals surface area contributed by atoms with Crippen LogP contribution in [0.15, 0.2) is 30.3 Å². The quantitative estimate of drug-likeness (QED) is 0.0965. The molecule has 0 heterocycles. The first-order valence-corrected chi connectivity index (χ1v) is 24.3. The minimum absolute atomic E-state index is 0.0676. The SMILES string of the molecule is [2H]C1([2H])CCc2c1cc1c(c2N)CCC1([2H])[2H].[2H]C1([2H])CCc2c1cc1c(c2N)CCC1=O.[2H]C1([2H])CCc2cc3c(c(N)c21)C(=O)CC3.[2H]C1([2H])CCc2cc3c(c(N)c21)C([2H])([2H])CC3.[2H]C1([2H])CCc2cc3c(c(N)c21)C([2H])([2H])CC3. The fourth-order valence-corrected chi connectivity index (χ4v) is 11.7. The van der Waals surface area contributed by atoms with E-state index in [1.165, 1.54) is 0 Å². The molecule has 0 aromatic heterocycles. The second-order valence-electron chi connectivity index (χ2n) is 19.0. The van der Waals surface area contributed by atoms with Crippen LogP contribution in [-0.2, 0) is 115 Å². The number of hydrogen-bond acceptors (Lipinski definition) is 7. The second kappa shape index (κ2) is 18.2. The molecule has 0 aliphatic heterocycles. The van der Waals surface area contributed by atoms with Crippen molar-refractivity contribution in [2.24, 2.45) is 0 Å². The fourth-order valence-electron chi connectivity index (χ4n) is 11.7. The monoisotopic (exact) mass is 910 g/mol. The van der Waals surface area contributed by atoms with Crippen molar-refractivity contribution < 1.29 is 31.5 Å². The number of benzene rings is 5. The highest BCUT2D eigenvalue weighted by Gasteiger charge is 2.29. The van der Waals surface area contributed by atoms with Gasteiger partial charge in [-0.15, -0.1) is 0 Å². The van der Waals surface area contributed by atoms with Gasteiger partial charge < -0.3 is 28.7 Å². The van der Waals surface area contributed by atoms with Crippen molar-refractivity contribution in [3.8, 4) is 0 Å². The van der Waals surface area contributed by atoms with Crippen LogP contribution in [0.4, 0.5) is 28.4 Å². The predicted molar refractivity (Wildman–Crippen MR) is 276 cm³/mol. The Balaban J connectivity index is 0.000000109. The molecule has 0 saturated carbocycles. The molecule has 67 heavy (non-hydrogen) atoms. The van der Waals surface area contributed by atoms with Crippen LogP contribution in [0.2, 0.25) is 0 Å². The van der Waals surface area contributed by atoms with Crippen molar-refractivity contribution in [3.63, 3.8) is 0 Å². The average molecular weight is 910 g/mol. The number of aryl methyl sites for hydroxylation is 9. The van der Waals surface area contributed by atoms with Gasteiger partial charge in [-0.1, -0.05) is 24.3 Å². The molecule has 15 rings (SSSR count). The van der Waals surface area contributed by atoms with Gasteiger partial charge in [0.05, 0.1) is 0 Å². The van der Waals surface area contributed by atoms with Gasteiger partial charge in [-0.05, 0) is 273 Å². The van der Waals surface area contributed by atoms with E-state index in [0.29, 0.717) is 193 Å². The van der Waals surface area contributed by atoms with E-state index in [1.807, 2.05) is 18.2 Å². The first kappa shape index (κ1) is 29.4. The molecule has 7 nitrogen and oxygen atoms in total. The van der Waals surface area contributed by atoms with Gasteiger partial charge in [0, 0.05) is 74.3 Å². The first-order chi connectivity index (χ1) is 38.5. The van der Waals surface area contributed by atoms with Gasteiger partial charge in [-0.2, -0.15) is 0 Å². The maximum Gasteiger partial charge on any atom is 0.165 e. The van der Waals surface area contributed by atoms with E-state index in [-0.39, 0.29) is 11.6 Å². The van der Waals surface area contributed by atoms with E-state index in [1.54, 1.807) is 12.1 Å². The summed E-state index contributed by atoms with van der Waals surface area (Å²) in [4.78, 5) is 23.3. The summed E-state index contributed by atoms with van der Waals surface area (Å²) in [6.45, 7) is 0. The first-order valence-electron chi connectivity index (χ1n) is 32.3. The maximum atomic E-state index is 11.7. The minimum atomic E-state index is -1.40. The Morgan fingerprint density at radius 3 is 1.06 bits per heavy atom. The van der Waals surface area contributed by atoms with Crippen LogP contribution in [0.1, 0.15) is 207 Å². The lowest BCUT2D eigenvalue weighted by Crippen LogP contribution is -2.03. The Hall–Kier alpha value is -5.56. The lowest BCUT2D eigenvalue weighted by molar-refractivity contribution is 0.0987. The van der Waals surface area contributed by atoms with Crippen molar-refractivity contribution in [3.05, 3.63) is 142 Å². The fraction of sp³-hybridized carbons (Fsp3) is 0.467. The molecule has 7 heteroatoms. The smallest absolute Gasteiger partial charge is 0.165 e. The molecular weight excluding hydrogens is 823 g/mol. The van der Waals surface area contributed by atoms with Crippen molar-refractivity contribution in [2.45, 2.75) is 179 Å². The minimum Gasteiger partial charge on any atom is -0.398 e. The van der Waals surface area contributed by atoms with Gasteiger partial charge in [-0.25, -0.2) is 0 Å². The Labute approximate surface area is 420 Å². The Morgan fingerprint density at radius 2 is 0.612 bits per heavy atom. The Kier molecular flexibility index (Phi) is 7.96. The number of anilines is 5. The topological polar surface area (TPSA) is 164 Å². The number of nitrogens with two attached hydrogens (primary N) is 5. The number of hydrogen-bond donors (Lipinski definition) is 5. The van der Waals surface area contributed by atoms with Gasteiger partial charge in [0.2, 0.25) is 0 Å². The number of rotatable bonds is 0. The van der Waals surface area contributed by atoms with Crippen LogP contribution in [0, 0.1) is 0 Å². The maximum absolute atomic E-state index is 11.7. The highest BCUT2D eigenvalue weighted by molar-refractivity contribution is 6.06. The van der Waals surface area contributed by atoms with Crippen LogP contribution < -0.4 is 28.7 Å². The standard InChI is InChI=1S/2C12H13NO.3C12H15N/c13-12-9-3-1-2-7(9)6-8-4-5-10(14)11(8)12;13-12-8-3-1-2-7(8)6-10-9(12)4-5-11(10)14;3*13-12-10-5-1-3-8(10)7-9-4-2-6-11(9)12/h2*6H,1-5,13H2;3*7H,1-6,13H2/i3D2;2D2;2*5D2,6D2;3D2,4D2. The van der Waals surface area contributed by atoms with Crippen molar-refractivity contribution >= 4 is 40.0 Å². The van der Waals surface area contributed by atoms with Crippen LogP contribution in [0.5, 0.6) is 0 Å². The molecule has 0 fully saturated rings. The molecule has 0 bridgehead atoms. The highest BCUT2D eigenvalue weighted by atomic mass is 16.1. The molecule has 0 radical (unpaired) electrons. The highest BCUT2D eigenvalue weighted by Crippen LogP contribution is 2.41. The van der Waals surface area contributed by atoms with Gasteiger partial charge in [0.1, 0.15) is 0 Å². The van der Waals surface area contributed by atoms with Crippen molar-refractivity contribution in [1.82, 2.24) is 0 Å². The number of carbonyl (C=O) groups excluding carboxylic acids is 2. The van der Waals surface area contributed by atoms with Crippen molar-refractivity contribution in [2.75, 3.05) is 28.7 Å². The predicted octanol–water partition coefficient (Wildman–Crippen LogP) is 10.5. The molecule has 10 N–H and O–H groups in total. The Morgan fingerprint density at radius 1 is 0.284 bits per heavy atom. The third-order valence-corrected chi connectivity index (χ3v) is 15.1. The zero-order valence-corrected chi connectivity index (χ0v) is 38.2. The van der Waals surface area contributed by atoms with Gasteiger partial charge in [0.25, 0.3) is 0 Å². The molecule has 348 valence electrons. The van der Waals surface area contributed by atoms with E-state index < -0.39 is 51.0 Å². The molecule has 5 aromatic carbocycles. The van der Waals surface area contributed by atoms with Gasteiger partial charge >= 0.3 is 0 Å². The van der Waals surface area contributed by atoms with Crippen molar-refractivity contribution in [1.29, 1.82) is 0 Å². The lowest BCUT2D eigenvalue weighted by atomic mass is 9.99. The molecule has 0 spiro atoms. The number of nitrogen functional groups attached to an aromatic ring is 5. The Bertz CT molecular complexity index is 3410. The zero-order chi connectivity index (χ0) is 60.3. The summed E-state index contributed by atoms with van der Waals surface area (Å²) in [5.41, 5.74) is 48.1. The molecule has 0 amide bonds. The summed E-state index contributed by atoms with van der Waals surface area (Å²) < 4.78 is 127. The summed E-state index contributed by atoms with van der Waals surface area (Å²) in [5.74, 6) is 0.171. The number of fused-ring (bicyclic) bond motifs is 10. The molecule has 0 unspecified atom stereocenters. The summed E-state index contributed by atoms with van der Waals surface area (Å²) >= 11 is 0. The molecular formula is C60H71N5O2. The summed E-state index contributed by atoms with van der Waals surface area (Å²) in [6, 6.07) is 9.38. The average Bonchev–Trinajstić information content (AvgIpc) is 3.20. The normalized spacial score (nSPS) is 28.2. The van der Waals surface area contributed by atoms with E-state index in [4.69, 9.17) is 50.6 Å². The lowest BCUT2D eigenvalue weighted by Gasteiger charge is -2.10. The number of Topliss-reactive ketones (excluding diaryl/α,β-unsaturated/α-hetero) is 2. The molecule has 0 saturated heterocycles. The summed E-state index contributed by atoms with van der Waals surface area (Å²) in [6.07, 6.45) is 0.850. The van der Waals surface area contributed by atoms with E-state index in [2.05, 4.69) is 0 Å². The van der Waals surface area contributed by atoms with Crippen LogP contribution in [-0.4, -0.2) is 11.6 Å². The van der Waals surface area contributed by atoms with E-state index >= 15 is 0 Å². The number of ketones is 2. The van der Waals surface area contributed by atoms with Crippen LogP contribution >= 0.6 is 0 Å². The third kappa shape index (κ3) is 8.02. The second-order valence-corrected chi connectivity index (χ2v) is 19.0. The summed E-state index contributed by atoms with van der Waals surface area (Å²) in [5, 5.41) is 0. The van der Waals surface area contributed by atoms with Crippen LogP contribution in [0.3, 0.4) is 0 Å². The summed E-state index contributed by atoms with van der Waals surface area (Å²) in [7, 11) is 0. The largest absolute Gasteiger partial charge is 0.398 e.